The summed E-state index contributed by atoms with van der Waals surface area (Å²) in [5.41, 5.74) is 0. The van der Waals surface area contributed by atoms with Gasteiger partial charge in [0.05, 0.1) is 18.6 Å². The summed E-state index contributed by atoms with van der Waals surface area (Å²) in [6.45, 7) is 0.166. The maximum atomic E-state index is 10.1. The zero-order valence-corrected chi connectivity index (χ0v) is 9.06. The Kier molecular flexibility index (Phi) is 7.36. The van der Waals surface area contributed by atoms with Crippen LogP contribution in [0.25, 0.3) is 0 Å². The Morgan fingerprint density at radius 1 is 1.15 bits per heavy atom. The molecular formula is C4H14N2O5S2. The average Bonchev–Trinajstić information content (AvgIpc) is 1.77. The summed E-state index contributed by atoms with van der Waals surface area (Å²) in [5, 5.41) is 8.94. The molecule has 0 rings (SSSR count). The van der Waals surface area contributed by atoms with Gasteiger partial charge < -0.3 is 4.74 Å². The van der Waals surface area contributed by atoms with E-state index < -0.39 is 20.0 Å². The fraction of sp³-hybridized carbons (Fsp3) is 1.00. The van der Waals surface area contributed by atoms with Crippen LogP contribution in [0.5, 0.6) is 0 Å². The zero-order valence-electron chi connectivity index (χ0n) is 7.43. The lowest BCUT2D eigenvalue weighted by Crippen LogP contribution is -2.19. The summed E-state index contributed by atoms with van der Waals surface area (Å²) in [6.07, 6.45) is 0.938. The summed E-state index contributed by atoms with van der Waals surface area (Å²) in [6, 6.07) is 0. The van der Waals surface area contributed by atoms with Crippen LogP contribution < -0.4 is 10.3 Å². The minimum Gasteiger partial charge on any atom is -0.384 e. The summed E-state index contributed by atoms with van der Waals surface area (Å²) in [7, 11) is -5.06. The van der Waals surface area contributed by atoms with Gasteiger partial charge in [0.15, 0.2) is 0 Å². The van der Waals surface area contributed by atoms with Gasteiger partial charge in [-0.1, -0.05) is 0 Å². The molecule has 0 fully saturated rings. The fourth-order valence-corrected chi connectivity index (χ4v) is 0.598. The van der Waals surface area contributed by atoms with Crippen molar-refractivity contribution in [3.63, 3.8) is 0 Å². The molecule has 0 aliphatic carbocycles. The predicted molar refractivity (Wildman–Crippen MR) is 48.9 cm³/mol. The van der Waals surface area contributed by atoms with Crippen molar-refractivity contribution in [2.45, 2.75) is 0 Å². The maximum Gasteiger partial charge on any atom is 0.211 e. The highest BCUT2D eigenvalue weighted by molar-refractivity contribution is 7.89. The van der Waals surface area contributed by atoms with Gasteiger partial charge >= 0.3 is 0 Å². The van der Waals surface area contributed by atoms with Crippen molar-refractivity contribution in [2.75, 3.05) is 25.7 Å². The molecule has 82 valence electrons. The monoisotopic (exact) mass is 234 g/mol. The Hall–Kier alpha value is -0.220. The molecule has 0 saturated heterocycles. The van der Waals surface area contributed by atoms with Gasteiger partial charge in [-0.3, -0.25) is 0 Å². The van der Waals surface area contributed by atoms with Crippen LogP contribution in [0.2, 0.25) is 0 Å². The molecule has 0 aromatic heterocycles. The first-order valence-electron chi connectivity index (χ1n) is 3.03. The molecule has 9 heteroatoms. The Morgan fingerprint density at radius 2 is 1.46 bits per heavy atom. The molecule has 0 aromatic carbocycles. The number of rotatable bonds is 3. The number of hydrogen-bond acceptors (Lipinski definition) is 5. The van der Waals surface area contributed by atoms with Crippen molar-refractivity contribution in [1.29, 1.82) is 0 Å². The summed E-state index contributed by atoms with van der Waals surface area (Å²) in [4.78, 5) is 0. The van der Waals surface area contributed by atoms with E-state index in [1.807, 2.05) is 0 Å². The van der Waals surface area contributed by atoms with Crippen molar-refractivity contribution >= 4 is 20.0 Å². The van der Waals surface area contributed by atoms with Crippen molar-refractivity contribution in [1.82, 2.24) is 0 Å². The van der Waals surface area contributed by atoms with Gasteiger partial charge in [-0.15, -0.1) is 0 Å². The van der Waals surface area contributed by atoms with Gasteiger partial charge in [0, 0.05) is 7.11 Å². The van der Waals surface area contributed by atoms with Crippen molar-refractivity contribution in [2.24, 2.45) is 10.3 Å². The van der Waals surface area contributed by atoms with Crippen molar-refractivity contribution < 1.29 is 21.6 Å². The second-order valence-corrected chi connectivity index (χ2v) is 5.58. The van der Waals surface area contributed by atoms with Gasteiger partial charge in [-0.05, 0) is 0 Å². The standard InChI is InChI=1S/C3H9NO3S.CH5NO2S/c1-7-2-3-8(4,5)6;1-5(2,3)4/h2-3H2,1H3,(H2,4,5,6);1H3,(H2,2,3,4). The minimum absolute atomic E-state index is 0.108. The Bertz CT molecular complexity index is 297. The first-order chi connectivity index (χ1) is 5.56. The summed E-state index contributed by atoms with van der Waals surface area (Å²) >= 11 is 0. The number of hydrogen-bond donors (Lipinski definition) is 2. The van der Waals surface area contributed by atoms with Gasteiger partial charge in [-0.2, -0.15) is 0 Å². The lowest BCUT2D eigenvalue weighted by atomic mass is 10.9. The summed E-state index contributed by atoms with van der Waals surface area (Å²) < 4.78 is 43.5. The number of sulfonamides is 2. The Morgan fingerprint density at radius 3 is 1.54 bits per heavy atom. The molecule has 0 aromatic rings. The molecule has 0 heterocycles. The van der Waals surface area contributed by atoms with Crippen LogP contribution in [-0.4, -0.2) is 42.6 Å². The van der Waals surface area contributed by atoms with Gasteiger partial charge in [0.25, 0.3) is 0 Å². The molecule has 0 amide bonds. The van der Waals surface area contributed by atoms with Crippen molar-refractivity contribution in [3.8, 4) is 0 Å². The molecule has 0 saturated carbocycles. The zero-order chi connectivity index (χ0) is 11.1. The maximum absolute atomic E-state index is 10.1. The van der Waals surface area contributed by atoms with E-state index in [9.17, 15) is 16.8 Å². The molecular weight excluding hydrogens is 220 g/mol. The highest BCUT2D eigenvalue weighted by Crippen LogP contribution is 1.75. The van der Waals surface area contributed by atoms with Crippen LogP contribution in [-0.2, 0) is 24.8 Å². The van der Waals surface area contributed by atoms with Crippen molar-refractivity contribution in [3.05, 3.63) is 0 Å². The number of primary sulfonamides is 2. The molecule has 0 aliphatic heterocycles. The molecule has 0 spiro atoms. The average molecular weight is 234 g/mol. The third kappa shape index (κ3) is 49.3. The Labute approximate surface area is 78.2 Å². The number of ether oxygens (including phenoxy) is 1. The molecule has 0 bridgehead atoms. The highest BCUT2D eigenvalue weighted by Gasteiger charge is 1.98. The SMILES string of the molecule is COCCS(N)(=O)=O.CS(N)(=O)=O. The molecule has 13 heavy (non-hydrogen) atoms. The van der Waals surface area contributed by atoms with Gasteiger partial charge in [0.2, 0.25) is 20.0 Å². The van der Waals surface area contributed by atoms with E-state index in [2.05, 4.69) is 15.0 Å². The first kappa shape index (κ1) is 15.3. The van der Waals surface area contributed by atoms with Crippen LogP contribution in [0.1, 0.15) is 0 Å². The van der Waals surface area contributed by atoms with Crippen LogP contribution in [0.4, 0.5) is 0 Å². The molecule has 4 N–H and O–H groups in total. The van der Waals surface area contributed by atoms with E-state index >= 15 is 0 Å². The Balaban J connectivity index is 0. The van der Waals surface area contributed by atoms with Gasteiger partial charge in [0.1, 0.15) is 0 Å². The third-order valence-corrected chi connectivity index (χ3v) is 1.31. The van der Waals surface area contributed by atoms with E-state index in [0.717, 1.165) is 6.26 Å². The van der Waals surface area contributed by atoms with Crippen LogP contribution in [0, 0.1) is 0 Å². The second kappa shape index (κ2) is 6.27. The lowest BCUT2D eigenvalue weighted by Gasteiger charge is -1.93. The molecule has 0 atom stereocenters. The number of methoxy groups -OCH3 is 1. The smallest absolute Gasteiger partial charge is 0.211 e. The quantitative estimate of drug-likeness (QED) is 0.573. The van der Waals surface area contributed by atoms with Crippen LogP contribution in [0.3, 0.4) is 0 Å². The lowest BCUT2D eigenvalue weighted by molar-refractivity contribution is 0.217. The van der Waals surface area contributed by atoms with E-state index in [-0.39, 0.29) is 12.4 Å². The predicted octanol–water partition coefficient (Wildman–Crippen LogP) is -2.17. The normalized spacial score (nSPS) is 11.7. The summed E-state index contributed by atoms with van der Waals surface area (Å²) in [5.74, 6) is -0.108. The van der Waals surface area contributed by atoms with E-state index in [1.165, 1.54) is 7.11 Å². The second-order valence-electron chi connectivity index (χ2n) is 2.19. The molecule has 0 aliphatic rings. The third-order valence-electron chi connectivity index (χ3n) is 0.572. The molecule has 0 unspecified atom stereocenters. The van der Waals surface area contributed by atoms with Crippen LogP contribution >= 0.6 is 0 Å². The molecule has 0 radical (unpaired) electrons. The fourth-order valence-electron chi connectivity index (χ4n) is 0.199. The molecule has 7 nitrogen and oxygen atoms in total. The first-order valence-corrected chi connectivity index (χ1v) is 6.70. The van der Waals surface area contributed by atoms with E-state index in [1.54, 1.807) is 0 Å². The van der Waals surface area contributed by atoms with Gasteiger partial charge in [-0.25, -0.2) is 27.1 Å². The highest BCUT2D eigenvalue weighted by atomic mass is 32.2. The van der Waals surface area contributed by atoms with E-state index in [4.69, 9.17) is 0 Å². The minimum atomic E-state index is -3.31. The largest absolute Gasteiger partial charge is 0.384 e. The van der Waals surface area contributed by atoms with Crippen LogP contribution in [0.15, 0.2) is 0 Å². The van der Waals surface area contributed by atoms with E-state index in [0.29, 0.717) is 0 Å². The number of nitrogens with two attached hydrogens (primary N) is 2. The topological polar surface area (TPSA) is 130 Å².